The van der Waals surface area contributed by atoms with E-state index in [2.05, 4.69) is 4.72 Å². The van der Waals surface area contributed by atoms with Gasteiger partial charge < -0.3 is 0 Å². The summed E-state index contributed by atoms with van der Waals surface area (Å²) in [4.78, 5) is 0. The Labute approximate surface area is 62.6 Å². The fourth-order valence-corrected chi connectivity index (χ4v) is 0.854. The van der Waals surface area contributed by atoms with Gasteiger partial charge in [-0.2, -0.15) is 13.2 Å². The second kappa shape index (κ2) is 3.40. The van der Waals surface area contributed by atoms with Crippen molar-refractivity contribution in [3.8, 4) is 0 Å². The van der Waals surface area contributed by atoms with E-state index in [0.717, 1.165) is 0 Å². The molecule has 0 rings (SSSR count). The van der Waals surface area contributed by atoms with Crippen LogP contribution < -0.4 is 4.72 Å². The first-order chi connectivity index (χ1) is 4.81. The summed E-state index contributed by atoms with van der Waals surface area (Å²) in [5.41, 5.74) is -5.25. The topological polar surface area (TPSA) is 48.2 Å². The van der Waals surface area contributed by atoms with E-state index in [1.165, 1.54) is 6.92 Å². The molecular formula is C4H7F3NO2S. The van der Waals surface area contributed by atoms with Gasteiger partial charge in [-0.05, 0) is 6.42 Å². The highest BCUT2D eigenvalue weighted by Crippen LogP contribution is 2.22. The van der Waals surface area contributed by atoms with Gasteiger partial charge in [0.1, 0.15) is 0 Å². The number of alkyl halides is 3. The summed E-state index contributed by atoms with van der Waals surface area (Å²) in [5, 5.41) is 0. The van der Waals surface area contributed by atoms with E-state index in [9.17, 15) is 21.6 Å². The third kappa shape index (κ3) is 3.06. The lowest BCUT2D eigenvalue weighted by Crippen LogP contribution is -2.31. The van der Waals surface area contributed by atoms with Crippen LogP contribution in [-0.4, -0.2) is 20.5 Å². The minimum absolute atomic E-state index is 0.273. The van der Waals surface area contributed by atoms with Gasteiger partial charge in [0, 0.05) is 6.54 Å². The van der Waals surface area contributed by atoms with Crippen molar-refractivity contribution in [1.82, 2.24) is 4.72 Å². The Morgan fingerprint density at radius 3 is 2.09 bits per heavy atom. The molecule has 0 aliphatic heterocycles. The van der Waals surface area contributed by atoms with E-state index in [1.807, 2.05) is 0 Å². The summed E-state index contributed by atoms with van der Waals surface area (Å²) in [5.74, 6) is 0. The first-order valence-corrected chi connectivity index (χ1v) is 4.25. The molecule has 0 atom stereocenters. The second-order valence-corrected chi connectivity index (χ2v) is 3.44. The summed E-state index contributed by atoms with van der Waals surface area (Å²) < 4.78 is 57.2. The van der Waals surface area contributed by atoms with Gasteiger partial charge in [0.25, 0.3) is 0 Å². The van der Waals surface area contributed by atoms with E-state index >= 15 is 0 Å². The predicted molar refractivity (Wildman–Crippen MR) is 32.3 cm³/mol. The highest BCUT2D eigenvalue weighted by molar-refractivity contribution is 7.90. The summed E-state index contributed by atoms with van der Waals surface area (Å²) in [7, 11) is -5.23. The molecule has 0 saturated carbocycles. The van der Waals surface area contributed by atoms with Crippen molar-refractivity contribution in [3.63, 3.8) is 0 Å². The highest BCUT2D eigenvalue weighted by atomic mass is 32.2. The van der Waals surface area contributed by atoms with Crippen molar-refractivity contribution in [2.24, 2.45) is 0 Å². The summed E-state index contributed by atoms with van der Waals surface area (Å²) in [6.45, 7) is 1.22. The maximum atomic E-state index is 11.5. The molecule has 0 aromatic rings. The zero-order valence-corrected chi connectivity index (χ0v) is 6.54. The largest absolute Gasteiger partial charge is 0.512 e. The molecule has 0 N–H and O–H groups in total. The van der Waals surface area contributed by atoms with Crippen LogP contribution in [-0.2, 0) is 10.0 Å². The van der Waals surface area contributed by atoms with Crippen LogP contribution in [0.25, 0.3) is 0 Å². The molecule has 1 radical (unpaired) electrons. The lowest BCUT2D eigenvalue weighted by atomic mass is 10.5. The quantitative estimate of drug-likeness (QED) is 0.662. The summed E-state index contributed by atoms with van der Waals surface area (Å²) >= 11 is 0. The van der Waals surface area contributed by atoms with Crippen molar-refractivity contribution < 1.29 is 21.6 Å². The van der Waals surface area contributed by atoms with Crippen LogP contribution in [0.2, 0.25) is 0 Å². The van der Waals surface area contributed by atoms with Crippen molar-refractivity contribution in [2.45, 2.75) is 18.9 Å². The predicted octanol–water partition coefficient (Wildman–Crippen LogP) is 0.850. The van der Waals surface area contributed by atoms with Crippen LogP contribution in [0.5, 0.6) is 0 Å². The molecule has 0 saturated heterocycles. The zero-order chi connectivity index (χ0) is 9.12. The van der Waals surface area contributed by atoms with E-state index in [0.29, 0.717) is 0 Å². The van der Waals surface area contributed by atoms with Gasteiger partial charge in [0.05, 0.1) is 0 Å². The van der Waals surface area contributed by atoms with Gasteiger partial charge in [-0.25, -0.2) is 8.42 Å². The van der Waals surface area contributed by atoms with Crippen LogP contribution in [0, 0.1) is 0 Å². The SMILES string of the molecule is CCC[N]S(=O)(=O)C(F)(F)F. The van der Waals surface area contributed by atoms with Gasteiger partial charge >= 0.3 is 15.5 Å². The average Bonchev–Trinajstić information content (AvgIpc) is 1.81. The molecule has 0 unspecified atom stereocenters. The van der Waals surface area contributed by atoms with Crippen LogP contribution in [0.4, 0.5) is 13.2 Å². The molecule has 7 heteroatoms. The number of hydrogen-bond donors (Lipinski definition) is 0. The molecule has 0 bridgehead atoms. The van der Waals surface area contributed by atoms with Crippen molar-refractivity contribution in [2.75, 3.05) is 6.54 Å². The number of rotatable bonds is 3. The zero-order valence-electron chi connectivity index (χ0n) is 5.72. The van der Waals surface area contributed by atoms with Crippen LogP contribution in [0.3, 0.4) is 0 Å². The maximum absolute atomic E-state index is 11.5. The number of halogens is 3. The van der Waals surface area contributed by atoms with Crippen LogP contribution in [0.1, 0.15) is 13.3 Å². The second-order valence-electron chi connectivity index (χ2n) is 1.77. The Kier molecular flexibility index (Phi) is 3.30. The fourth-order valence-electron chi connectivity index (χ4n) is 0.285. The first kappa shape index (κ1) is 10.7. The molecule has 0 aliphatic rings. The number of sulfonamides is 1. The normalized spacial score (nSPS) is 13.5. The maximum Gasteiger partial charge on any atom is 0.512 e. The Bertz CT molecular complexity index is 208. The van der Waals surface area contributed by atoms with Crippen molar-refractivity contribution in [3.05, 3.63) is 0 Å². The Balaban J connectivity index is 4.26. The molecule has 0 spiro atoms. The van der Waals surface area contributed by atoms with Gasteiger partial charge in [-0.1, -0.05) is 6.92 Å². The monoisotopic (exact) mass is 190 g/mol. The molecule has 0 aliphatic carbocycles. The summed E-state index contributed by atoms with van der Waals surface area (Å²) in [6, 6.07) is 0. The van der Waals surface area contributed by atoms with Gasteiger partial charge in [0.15, 0.2) is 0 Å². The molecule has 3 nitrogen and oxygen atoms in total. The van der Waals surface area contributed by atoms with E-state index < -0.39 is 15.5 Å². The van der Waals surface area contributed by atoms with E-state index in [-0.39, 0.29) is 13.0 Å². The molecule has 11 heavy (non-hydrogen) atoms. The van der Waals surface area contributed by atoms with Crippen molar-refractivity contribution >= 4 is 10.0 Å². The standard InChI is InChI=1S/C4H7F3NO2S/c1-2-3-8-11(9,10)4(5,6)7/h2-3H2,1H3. The Morgan fingerprint density at radius 1 is 1.36 bits per heavy atom. The highest BCUT2D eigenvalue weighted by Gasteiger charge is 2.46. The summed E-state index contributed by atoms with van der Waals surface area (Å²) in [6.07, 6.45) is 0.273. The Hall–Kier alpha value is -0.300. The Morgan fingerprint density at radius 2 is 1.82 bits per heavy atom. The van der Waals surface area contributed by atoms with E-state index in [1.54, 1.807) is 0 Å². The number of nitrogens with zero attached hydrogens (tertiary/aromatic N) is 1. The molecule has 0 aromatic heterocycles. The number of hydrogen-bond acceptors (Lipinski definition) is 2. The van der Waals surface area contributed by atoms with Crippen LogP contribution >= 0.6 is 0 Å². The molecule has 0 fully saturated rings. The van der Waals surface area contributed by atoms with Crippen molar-refractivity contribution in [1.29, 1.82) is 0 Å². The first-order valence-electron chi connectivity index (χ1n) is 2.81. The van der Waals surface area contributed by atoms with Gasteiger partial charge in [-0.15, -0.1) is 4.72 Å². The fraction of sp³-hybridized carbons (Fsp3) is 1.00. The lowest BCUT2D eigenvalue weighted by Gasteiger charge is -2.05. The molecule has 0 heterocycles. The molecular weight excluding hydrogens is 183 g/mol. The average molecular weight is 190 g/mol. The van der Waals surface area contributed by atoms with Gasteiger partial charge in [-0.3, -0.25) is 0 Å². The molecule has 0 aromatic carbocycles. The third-order valence-corrected chi connectivity index (χ3v) is 1.88. The minimum atomic E-state index is -5.25. The minimum Gasteiger partial charge on any atom is -0.201 e. The van der Waals surface area contributed by atoms with Gasteiger partial charge in [0.2, 0.25) is 0 Å². The third-order valence-electron chi connectivity index (χ3n) is 0.777. The van der Waals surface area contributed by atoms with Crippen LogP contribution in [0.15, 0.2) is 0 Å². The molecule has 67 valence electrons. The lowest BCUT2D eigenvalue weighted by molar-refractivity contribution is -0.0448. The van der Waals surface area contributed by atoms with E-state index in [4.69, 9.17) is 0 Å². The smallest absolute Gasteiger partial charge is 0.201 e. The molecule has 0 amide bonds.